The number of amides is 1. The molecule has 1 N–H and O–H groups in total. The molecule has 0 radical (unpaired) electrons. The van der Waals surface area contributed by atoms with Gasteiger partial charge in [-0.15, -0.1) is 0 Å². The lowest BCUT2D eigenvalue weighted by Gasteiger charge is -2.05. The molecule has 0 atom stereocenters. The smallest absolute Gasteiger partial charge is 0.277 e. The molecule has 6 nitrogen and oxygen atoms in total. The molecule has 0 aliphatic carbocycles. The number of nitrogens with one attached hydrogen (secondary N) is 1. The minimum atomic E-state index is -0.356. The van der Waals surface area contributed by atoms with Crippen molar-refractivity contribution in [2.45, 2.75) is 13.5 Å². The summed E-state index contributed by atoms with van der Waals surface area (Å²) < 4.78 is 3.27. The Morgan fingerprint density at radius 3 is 2.78 bits per heavy atom. The molecule has 0 aliphatic rings. The lowest BCUT2D eigenvalue weighted by atomic mass is 10.1. The summed E-state index contributed by atoms with van der Waals surface area (Å²) in [4.78, 5) is 12.2. The number of rotatable bonds is 4. The number of hydrogen-bond donors (Lipinski definition) is 1. The van der Waals surface area contributed by atoms with E-state index >= 15 is 0 Å². The van der Waals surface area contributed by atoms with Gasteiger partial charge in [-0.1, -0.05) is 35.9 Å². The van der Waals surface area contributed by atoms with Gasteiger partial charge >= 0.3 is 0 Å². The van der Waals surface area contributed by atoms with Crippen molar-refractivity contribution in [3.8, 4) is 0 Å². The van der Waals surface area contributed by atoms with Gasteiger partial charge in [0.15, 0.2) is 5.69 Å². The molecular formula is C16H16ClN5O. The van der Waals surface area contributed by atoms with E-state index in [1.165, 1.54) is 15.8 Å². The van der Waals surface area contributed by atoms with E-state index in [4.69, 9.17) is 11.6 Å². The molecule has 7 heteroatoms. The van der Waals surface area contributed by atoms with Crippen LogP contribution in [0.5, 0.6) is 0 Å². The van der Waals surface area contributed by atoms with Crippen molar-refractivity contribution in [3.63, 3.8) is 0 Å². The van der Waals surface area contributed by atoms with E-state index in [-0.39, 0.29) is 11.6 Å². The highest BCUT2D eigenvalue weighted by Gasteiger charge is 2.15. The number of benzene rings is 1. The third-order valence-electron chi connectivity index (χ3n) is 3.48. The van der Waals surface area contributed by atoms with Crippen molar-refractivity contribution in [1.82, 2.24) is 19.6 Å². The molecule has 2 aromatic heterocycles. The number of aromatic nitrogens is 4. The molecule has 3 rings (SSSR count). The summed E-state index contributed by atoms with van der Waals surface area (Å²) in [6.45, 7) is 2.71. The Morgan fingerprint density at radius 1 is 1.30 bits per heavy atom. The number of halogens is 1. The van der Waals surface area contributed by atoms with Crippen molar-refractivity contribution in [2.24, 2.45) is 7.05 Å². The fraction of sp³-hybridized carbons (Fsp3) is 0.188. The van der Waals surface area contributed by atoms with E-state index in [9.17, 15) is 4.79 Å². The highest BCUT2D eigenvalue weighted by atomic mass is 35.5. The third-order valence-corrected chi connectivity index (χ3v) is 3.76. The lowest BCUT2D eigenvalue weighted by Crippen LogP contribution is -2.13. The van der Waals surface area contributed by atoms with Crippen molar-refractivity contribution in [2.75, 3.05) is 5.32 Å². The Morgan fingerprint density at radius 2 is 2.09 bits per heavy atom. The number of hydrogen-bond acceptors (Lipinski definition) is 3. The number of aryl methyl sites for hydroxylation is 2. The molecular weight excluding hydrogens is 314 g/mol. The molecule has 0 unspecified atom stereocenters. The van der Waals surface area contributed by atoms with Gasteiger partial charge < -0.3 is 5.32 Å². The summed E-state index contributed by atoms with van der Waals surface area (Å²) >= 11 is 5.97. The van der Waals surface area contributed by atoms with Crippen LogP contribution in [0.15, 0.2) is 42.9 Å². The van der Waals surface area contributed by atoms with Gasteiger partial charge in [-0.2, -0.15) is 10.2 Å². The van der Waals surface area contributed by atoms with E-state index < -0.39 is 0 Å². The summed E-state index contributed by atoms with van der Waals surface area (Å²) in [5, 5.41) is 11.4. The SMILES string of the molecule is Cc1ccccc1Cn1cc(NC(=O)c2nn(C)cc2Cl)cn1. The Balaban J connectivity index is 1.71. The zero-order chi connectivity index (χ0) is 16.4. The Hall–Kier alpha value is -2.60. The van der Waals surface area contributed by atoms with Gasteiger partial charge in [0.1, 0.15) is 0 Å². The van der Waals surface area contributed by atoms with Gasteiger partial charge in [0.2, 0.25) is 0 Å². The van der Waals surface area contributed by atoms with E-state index in [0.29, 0.717) is 17.3 Å². The quantitative estimate of drug-likeness (QED) is 0.800. The largest absolute Gasteiger partial charge is 0.318 e. The fourth-order valence-corrected chi connectivity index (χ4v) is 2.55. The first kappa shape index (κ1) is 15.3. The first-order valence-corrected chi connectivity index (χ1v) is 7.48. The predicted molar refractivity (Wildman–Crippen MR) is 88.7 cm³/mol. The standard InChI is InChI=1S/C16H16ClN5O/c1-11-5-3-4-6-12(11)8-22-9-13(7-18-22)19-16(23)15-14(17)10-21(2)20-15/h3-7,9-10H,8H2,1-2H3,(H,19,23). The number of carbonyl (C=O) groups excluding carboxylic acids is 1. The molecule has 0 aliphatic heterocycles. The van der Waals surface area contributed by atoms with Crippen molar-refractivity contribution in [1.29, 1.82) is 0 Å². The van der Waals surface area contributed by atoms with E-state index in [2.05, 4.69) is 34.6 Å². The van der Waals surface area contributed by atoms with Gasteiger partial charge in [-0.3, -0.25) is 14.2 Å². The van der Waals surface area contributed by atoms with Crippen molar-refractivity contribution < 1.29 is 4.79 Å². The molecule has 2 heterocycles. The normalized spacial score (nSPS) is 10.7. The zero-order valence-electron chi connectivity index (χ0n) is 12.8. The minimum absolute atomic E-state index is 0.195. The molecule has 0 spiro atoms. The van der Waals surface area contributed by atoms with Crippen LogP contribution in [0.25, 0.3) is 0 Å². The molecule has 1 aromatic carbocycles. The van der Waals surface area contributed by atoms with Crippen LogP contribution in [-0.2, 0) is 13.6 Å². The highest BCUT2D eigenvalue weighted by Crippen LogP contribution is 2.16. The molecule has 0 saturated heterocycles. The van der Waals surface area contributed by atoms with Gasteiger partial charge in [-0.05, 0) is 18.1 Å². The number of anilines is 1. The average Bonchev–Trinajstić information content (AvgIpc) is 3.07. The third kappa shape index (κ3) is 3.43. The lowest BCUT2D eigenvalue weighted by molar-refractivity contribution is 0.102. The van der Waals surface area contributed by atoms with Crippen LogP contribution >= 0.6 is 11.6 Å². The van der Waals surface area contributed by atoms with Crippen LogP contribution < -0.4 is 5.32 Å². The Kier molecular flexibility index (Phi) is 4.16. The summed E-state index contributed by atoms with van der Waals surface area (Å²) in [7, 11) is 1.71. The van der Waals surface area contributed by atoms with E-state index in [0.717, 1.165) is 0 Å². The second kappa shape index (κ2) is 6.26. The maximum absolute atomic E-state index is 12.2. The second-order valence-electron chi connectivity index (χ2n) is 5.31. The van der Waals surface area contributed by atoms with Crippen LogP contribution in [0.3, 0.4) is 0 Å². The maximum Gasteiger partial charge on any atom is 0.277 e. The topological polar surface area (TPSA) is 64.7 Å². The number of nitrogens with zero attached hydrogens (tertiary/aromatic N) is 4. The fourth-order valence-electron chi connectivity index (χ4n) is 2.28. The zero-order valence-corrected chi connectivity index (χ0v) is 13.6. The molecule has 118 valence electrons. The van der Waals surface area contributed by atoms with E-state index in [1.807, 2.05) is 12.1 Å². The molecule has 0 bridgehead atoms. The van der Waals surface area contributed by atoms with Gasteiger partial charge in [0, 0.05) is 19.4 Å². The first-order valence-electron chi connectivity index (χ1n) is 7.10. The Labute approximate surface area is 138 Å². The maximum atomic E-state index is 12.2. The van der Waals surface area contributed by atoms with Crippen molar-refractivity contribution >= 4 is 23.2 Å². The van der Waals surface area contributed by atoms with Gasteiger partial charge in [-0.25, -0.2) is 0 Å². The van der Waals surface area contributed by atoms with Crippen LogP contribution in [0.2, 0.25) is 5.02 Å². The predicted octanol–water partition coefficient (Wildman–Crippen LogP) is 2.88. The molecule has 0 fully saturated rings. The van der Waals surface area contributed by atoms with Crippen LogP contribution in [0.1, 0.15) is 21.6 Å². The Bertz CT molecular complexity index is 852. The second-order valence-corrected chi connectivity index (χ2v) is 5.71. The molecule has 0 saturated carbocycles. The van der Waals surface area contributed by atoms with Crippen LogP contribution in [-0.4, -0.2) is 25.5 Å². The van der Waals surface area contributed by atoms with Crippen LogP contribution in [0, 0.1) is 6.92 Å². The minimum Gasteiger partial charge on any atom is -0.318 e. The molecule has 1 amide bonds. The van der Waals surface area contributed by atoms with Crippen LogP contribution in [0.4, 0.5) is 5.69 Å². The number of carbonyl (C=O) groups is 1. The first-order chi connectivity index (χ1) is 11.0. The van der Waals surface area contributed by atoms with E-state index in [1.54, 1.807) is 30.3 Å². The van der Waals surface area contributed by atoms with Gasteiger partial charge in [0.05, 0.1) is 23.5 Å². The molecule has 23 heavy (non-hydrogen) atoms. The monoisotopic (exact) mass is 329 g/mol. The summed E-state index contributed by atoms with van der Waals surface area (Å²) in [5.41, 5.74) is 3.18. The summed E-state index contributed by atoms with van der Waals surface area (Å²) in [6.07, 6.45) is 4.96. The highest BCUT2D eigenvalue weighted by molar-refractivity contribution is 6.34. The van der Waals surface area contributed by atoms with Crippen molar-refractivity contribution in [3.05, 3.63) is 64.7 Å². The molecule has 3 aromatic rings. The average molecular weight is 330 g/mol. The summed E-state index contributed by atoms with van der Waals surface area (Å²) in [6, 6.07) is 8.12. The summed E-state index contributed by atoms with van der Waals surface area (Å²) in [5.74, 6) is -0.356. The van der Waals surface area contributed by atoms with Gasteiger partial charge in [0.25, 0.3) is 5.91 Å².